The van der Waals surface area contributed by atoms with Gasteiger partial charge in [0.15, 0.2) is 12.4 Å². The predicted molar refractivity (Wildman–Crippen MR) is 70.4 cm³/mol. The molecule has 7 nitrogen and oxygen atoms in total. The third-order valence-corrected chi connectivity index (χ3v) is 2.55. The van der Waals surface area contributed by atoms with Crippen molar-refractivity contribution in [1.29, 1.82) is 5.26 Å². The number of hydroxylamine groups is 1. The minimum Gasteiger partial charge on any atom is -0.463 e. The molecule has 20 heavy (non-hydrogen) atoms. The number of hydrogen-bond acceptors (Lipinski definition) is 4. The number of rotatable bonds is 4. The standard InChI is InChI=1S/C13H12N4O3/c1-10-9-15-16(11-5-3-2-4-6-11)12(10)17(13(18)19)20-8-7-14/h2-6,9H,8H2,1H3,(H,18,19). The number of carbonyl (C=O) groups is 1. The first-order chi connectivity index (χ1) is 9.65. The van der Waals surface area contributed by atoms with Gasteiger partial charge in [0.1, 0.15) is 0 Å². The number of aromatic nitrogens is 2. The summed E-state index contributed by atoms with van der Waals surface area (Å²) < 4.78 is 1.45. The van der Waals surface area contributed by atoms with Crippen LogP contribution >= 0.6 is 0 Å². The highest BCUT2D eigenvalue weighted by atomic mass is 16.7. The molecule has 0 spiro atoms. The summed E-state index contributed by atoms with van der Waals surface area (Å²) >= 11 is 0. The molecule has 2 rings (SSSR count). The normalized spacial score (nSPS) is 10.0. The number of nitrogens with zero attached hydrogens (tertiary/aromatic N) is 4. The van der Waals surface area contributed by atoms with Gasteiger partial charge in [0.2, 0.25) is 0 Å². The van der Waals surface area contributed by atoms with Gasteiger partial charge in [-0.15, -0.1) is 5.06 Å². The molecule has 1 N–H and O–H groups in total. The monoisotopic (exact) mass is 272 g/mol. The molecule has 1 heterocycles. The van der Waals surface area contributed by atoms with Crippen molar-refractivity contribution < 1.29 is 14.7 Å². The second-order valence-corrected chi connectivity index (χ2v) is 3.91. The Morgan fingerprint density at radius 3 is 2.80 bits per heavy atom. The fourth-order valence-corrected chi connectivity index (χ4v) is 1.73. The molecule has 0 bridgehead atoms. The zero-order chi connectivity index (χ0) is 14.5. The lowest BCUT2D eigenvalue weighted by Gasteiger charge is -2.19. The third kappa shape index (κ3) is 2.60. The van der Waals surface area contributed by atoms with Gasteiger partial charge in [0.05, 0.1) is 18.0 Å². The summed E-state index contributed by atoms with van der Waals surface area (Å²) in [6.45, 7) is 1.35. The van der Waals surface area contributed by atoms with E-state index in [9.17, 15) is 9.90 Å². The minimum absolute atomic E-state index is 0.249. The minimum atomic E-state index is -1.32. The molecule has 0 aliphatic carbocycles. The number of anilines is 1. The van der Waals surface area contributed by atoms with Gasteiger partial charge in [-0.1, -0.05) is 18.2 Å². The van der Waals surface area contributed by atoms with E-state index < -0.39 is 6.09 Å². The summed E-state index contributed by atoms with van der Waals surface area (Å²) in [5.41, 5.74) is 1.32. The van der Waals surface area contributed by atoms with Crippen molar-refractivity contribution in [3.05, 3.63) is 42.1 Å². The van der Waals surface area contributed by atoms with Crippen LogP contribution in [0.4, 0.5) is 10.6 Å². The van der Waals surface area contributed by atoms with Crippen LogP contribution in [0.15, 0.2) is 36.5 Å². The Bertz CT molecular complexity index is 645. The summed E-state index contributed by atoms with van der Waals surface area (Å²) in [6, 6.07) is 10.8. The predicted octanol–water partition coefficient (Wildman–Crippen LogP) is 2.12. The van der Waals surface area contributed by atoms with Crippen molar-refractivity contribution in [2.24, 2.45) is 0 Å². The molecular weight excluding hydrogens is 260 g/mol. The third-order valence-electron chi connectivity index (χ3n) is 2.55. The Labute approximate surface area is 115 Å². The summed E-state index contributed by atoms with van der Waals surface area (Å²) in [6.07, 6.45) is 0.217. The molecule has 1 aromatic heterocycles. The number of benzene rings is 1. The summed E-state index contributed by atoms with van der Waals surface area (Å²) in [5.74, 6) is 0.249. The highest BCUT2D eigenvalue weighted by Crippen LogP contribution is 2.24. The first kappa shape index (κ1) is 13.6. The van der Waals surface area contributed by atoms with Crippen LogP contribution in [0.25, 0.3) is 5.69 Å². The highest BCUT2D eigenvalue weighted by Gasteiger charge is 2.23. The maximum Gasteiger partial charge on any atom is 0.437 e. The lowest BCUT2D eigenvalue weighted by molar-refractivity contribution is 0.111. The molecule has 1 amide bonds. The molecule has 0 saturated carbocycles. The molecule has 0 radical (unpaired) electrons. The van der Waals surface area contributed by atoms with Gasteiger partial charge < -0.3 is 5.11 Å². The van der Waals surface area contributed by atoms with Crippen LogP contribution in [0.2, 0.25) is 0 Å². The van der Waals surface area contributed by atoms with Gasteiger partial charge in [-0.25, -0.2) is 14.3 Å². The lowest BCUT2D eigenvalue weighted by atomic mass is 10.3. The number of nitriles is 1. The number of amides is 1. The van der Waals surface area contributed by atoms with Crippen molar-refractivity contribution >= 4 is 11.9 Å². The van der Waals surface area contributed by atoms with Crippen molar-refractivity contribution in [3.8, 4) is 11.8 Å². The van der Waals surface area contributed by atoms with Crippen molar-refractivity contribution in [1.82, 2.24) is 9.78 Å². The molecule has 1 aromatic carbocycles. The zero-order valence-corrected chi connectivity index (χ0v) is 10.7. The first-order valence-electron chi connectivity index (χ1n) is 5.78. The number of hydrogen-bond donors (Lipinski definition) is 1. The zero-order valence-electron chi connectivity index (χ0n) is 10.7. The summed E-state index contributed by atoms with van der Waals surface area (Å²) in [5, 5.41) is 22.5. The average molecular weight is 272 g/mol. The van der Waals surface area contributed by atoms with E-state index in [4.69, 9.17) is 10.1 Å². The topological polar surface area (TPSA) is 91.4 Å². The molecular formula is C13H12N4O3. The molecule has 0 saturated heterocycles. The second kappa shape index (κ2) is 5.86. The number of para-hydroxylation sites is 1. The lowest BCUT2D eigenvalue weighted by Crippen LogP contribution is -2.32. The molecule has 7 heteroatoms. The van der Waals surface area contributed by atoms with Crippen molar-refractivity contribution in [3.63, 3.8) is 0 Å². The summed E-state index contributed by atoms with van der Waals surface area (Å²) in [7, 11) is 0. The van der Waals surface area contributed by atoms with Gasteiger partial charge in [-0.05, 0) is 19.1 Å². The van der Waals surface area contributed by atoms with Gasteiger partial charge in [0, 0.05) is 5.56 Å². The maximum atomic E-state index is 11.3. The van der Waals surface area contributed by atoms with E-state index in [1.54, 1.807) is 25.1 Å². The van der Waals surface area contributed by atoms with Crippen LogP contribution in [0, 0.1) is 18.3 Å². The van der Waals surface area contributed by atoms with E-state index in [0.717, 1.165) is 0 Å². The van der Waals surface area contributed by atoms with Crippen molar-refractivity contribution in [2.45, 2.75) is 6.92 Å². The Balaban J connectivity index is 2.47. The number of aryl methyl sites for hydroxylation is 1. The second-order valence-electron chi connectivity index (χ2n) is 3.91. The van der Waals surface area contributed by atoms with Crippen LogP contribution in [0.1, 0.15) is 5.56 Å². The first-order valence-corrected chi connectivity index (χ1v) is 5.78. The molecule has 0 aliphatic heterocycles. The average Bonchev–Trinajstić information content (AvgIpc) is 2.82. The maximum absolute atomic E-state index is 11.3. The fourth-order valence-electron chi connectivity index (χ4n) is 1.73. The molecule has 0 unspecified atom stereocenters. The Hall–Kier alpha value is -2.85. The van der Waals surface area contributed by atoms with Crippen molar-refractivity contribution in [2.75, 3.05) is 11.7 Å². The van der Waals surface area contributed by atoms with Gasteiger partial charge in [-0.3, -0.25) is 0 Å². The van der Waals surface area contributed by atoms with E-state index in [0.29, 0.717) is 16.3 Å². The van der Waals surface area contributed by atoms with E-state index in [1.165, 1.54) is 10.9 Å². The van der Waals surface area contributed by atoms with Gasteiger partial charge in [0.25, 0.3) is 0 Å². The molecule has 2 aromatic rings. The molecule has 0 aliphatic rings. The van der Waals surface area contributed by atoms with E-state index in [2.05, 4.69) is 5.10 Å². The van der Waals surface area contributed by atoms with Crippen LogP contribution in [0.3, 0.4) is 0 Å². The molecule has 0 atom stereocenters. The largest absolute Gasteiger partial charge is 0.463 e. The SMILES string of the molecule is Cc1cnn(-c2ccccc2)c1N(OCC#N)C(=O)O. The quantitative estimate of drug-likeness (QED) is 0.861. The van der Waals surface area contributed by atoms with E-state index >= 15 is 0 Å². The Morgan fingerprint density at radius 2 is 2.20 bits per heavy atom. The number of carboxylic acid groups (broad SMARTS) is 1. The summed E-state index contributed by atoms with van der Waals surface area (Å²) in [4.78, 5) is 16.2. The van der Waals surface area contributed by atoms with E-state index in [-0.39, 0.29) is 12.4 Å². The Kier molecular flexibility index (Phi) is 3.98. The van der Waals surface area contributed by atoms with Crippen LogP contribution in [-0.2, 0) is 4.84 Å². The van der Waals surface area contributed by atoms with Gasteiger partial charge in [-0.2, -0.15) is 10.4 Å². The van der Waals surface area contributed by atoms with Crippen LogP contribution in [-0.4, -0.2) is 27.6 Å². The van der Waals surface area contributed by atoms with E-state index in [1.807, 2.05) is 18.2 Å². The highest BCUT2D eigenvalue weighted by molar-refractivity contribution is 5.83. The van der Waals surface area contributed by atoms with Crippen LogP contribution in [0.5, 0.6) is 0 Å². The van der Waals surface area contributed by atoms with Gasteiger partial charge >= 0.3 is 6.09 Å². The fraction of sp³-hybridized carbons (Fsp3) is 0.154. The molecule has 0 fully saturated rings. The molecule has 102 valence electrons. The smallest absolute Gasteiger partial charge is 0.437 e. The Morgan fingerprint density at radius 1 is 1.50 bits per heavy atom. The van der Waals surface area contributed by atoms with Crippen LogP contribution < -0.4 is 5.06 Å².